The summed E-state index contributed by atoms with van der Waals surface area (Å²) in [7, 11) is -4.02. The summed E-state index contributed by atoms with van der Waals surface area (Å²) in [6, 6.07) is -0.216. The number of hydrogen-bond acceptors (Lipinski definition) is 5. The maximum absolute atomic E-state index is 12.0. The van der Waals surface area contributed by atoms with Gasteiger partial charge in [0.1, 0.15) is 6.04 Å². The first-order valence-corrected chi connectivity index (χ1v) is 8.02. The van der Waals surface area contributed by atoms with Gasteiger partial charge in [0.05, 0.1) is 15.1 Å². The molecule has 4 N–H and O–H groups in total. The number of aliphatic carboxylic acids is 1. The smallest absolute Gasteiger partial charge is 0.322 e. The number of rotatable bonds is 6. The van der Waals surface area contributed by atoms with Crippen LogP contribution in [0.4, 0.5) is 0 Å². The van der Waals surface area contributed by atoms with E-state index in [9.17, 15) is 18.0 Å². The Hall–Kier alpha value is -0.970. The Bertz CT molecular complexity index is 610. The minimum atomic E-state index is -4.02. The van der Waals surface area contributed by atoms with E-state index in [1.54, 1.807) is 6.92 Å². The van der Waals surface area contributed by atoms with Crippen LogP contribution in [0.5, 0.6) is 0 Å². The van der Waals surface area contributed by atoms with E-state index in [0.717, 1.165) is 0 Å². The molecular formula is C9H11BrN2O5S2. The highest BCUT2D eigenvalue weighted by atomic mass is 79.9. The van der Waals surface area contributed by atoms with Crippen LogP contribution >= 0.6 is 27.3 Å². The molecule has 10 heteroatoms. The number of carbonyl (C=O) groups excluding carboxylic acids is 1. The van der Waals surface area contributed by atoms with Gasteiger partial charge in [-0.05, 0) is 28.9 Å². The van der Waals surface area contributed by atoms with Gasteiger partial charge in [0, 0.05) is 4.88 Å². The van der Waals surface area contributed by atoms with E-state index in [1.165, 1.54) is 17.4 Å². The van der Waals surface area contributed by atoms with Crippen LogP contribution < -0.4 is 10.5 Å². The first-order valence-electron chi connectivity index (χ1n) is 4.93. The number of carboxylic acid groups (broad SMARTS) is 1. The summed E-state index contributed by atoms with van der Waals surface area (Å²) in [5.74, 6) is -2.37. The van der Waals surface area contributed by atoms with Crippen molar-refractivity contribution in [2.45, 2.75) is 24.3 Å². The predicted octanol–water partition coefficient (Wildman–Crippen LogP) is 0.426. The highest BCUT2D eigenvalue weighted by Gasteiger charge is 2.28. The molecule has 1 atom stereocenters. The van der Waals surface area contributed by atoms with Gasteiger partial charge in [-0.1, -0.05) is 0 Å². The topological polar surface area (TPSA) is 127 Å². The molecule has 0 spiro atoms. The molecule has 1 amide bonds. The van der Waals surface area contributed by atoms with Gasteiger partial charge in [0.25, 0.3) is 0 Å². The Morgan fingerprint density at radius 3 is 2.53 bits per heavy atom. The molecule has 0 saturated heterocycles. The van der Waals surface area contributed by atoms with E-state index in [1.807, 2.05) is 4.72 Å². The molecule has 0 unspecified atom stereocenters. The molecule has 1 aromatic rings. The third-order valence-electron chi connectivity index (χ3n) is 2.13. The first-order chi connectivity index (χ1) is 8.63. The lowest BCUT2D eigenvalue weighted by Crippen LogP contribution is -2.43. The lowest BCUT2D eigenvalue weighted by molar-refractivity contribution is -0.140. The first kappa shape index (κ1) is 16.1. The number of aryl methyl sites for hydroxylation is 1. The molecule has 0 saturated carbocycles. The number of nitrogens with two attached hydrogens (primary N) is 1. The highest BCUT2D eigenvalue weighted by molar-refractivity contribution is 9.11. The van der Waals surface area contributed by atoms with Gasteiger partial charge in [-0.3, -0.25) is 9.59 Å². The summed E-state index contributed by atoms with van der Waals surface area (Å²) in [6.45, 7) is 1.59. The number of amides is 1. The van der Waals surface area contributed by atoms with Crippen molar-refractivity contribution >= 4 is 49.2 Å². The van der Waals surface area contributed by atoms with Crippen LogP contribution in [-0.2, 0) is 19.6 Å². The van der Waals surface area contributed by atoms with Crippen LogP contribution in [-0.4, -0.2) is 31.4 Å². The zero-order valence-corrected chi connectivity index (χ0v) is 12.9. The predicted molar refractivity (Wildman–Crippen MR) is 72.3 cm³/mol. The normalized spacial score (nSPS) is 13.2. The third kappa shape index (κ3) is 4.27. The lowest BCUT2D eigenvalue weighted by Gasteiger charge is -2.12. The van der Waals surface area contributed by atoms with Gasteiger partial charge >= 0.3 is 5.97 Å². The van der Waals surface area contributed by atoms with Crippen molar-refractivity contribution < 1.29 is 23.1 Å². The van der Waals surface area contributed by atoms with E-state index >= 15 is 0 Å². The zero-order chi connectivity index (χ0) is 14.8. The molecule has 7 nitrogen and oxygen atoms in total. The number of thiophene rings is 1. The van der Waals surface area contributed by atoms with Crippen LogP contribution in [0.3, 0.4) is 0 Å². The number of carbonyl (C=O) groups is 2. The summed E-state index contributed by atoms with van der Waals surface area (Å²) in [6.07, 6.45) is -0.612. The minimum Gasteiger partial charge on any atom is -0.480 e. The quantitative estimate of drug-likeness (QED) is 0.668. The van der Waals surface area contributed by atoms with E-state index in [2.05, 4.69) is 15.9 Å². The zero-order valence-electron chi connectivity index (χ0n) is 9.71. The monoisotopic (exact) mass is 370 g/mol. The third-order valence-corrected chi connectivity index (χ3v) is 5.41. The maximum Gasteiger partial charge on any atom is 0.322 e. The van der Waals surface area contributed by atoms with Crippen molar-refractivity contribution in [2.75, 3.05) is 0 Å². The van der Waals surface area contributed by atoms with Crippen molar-refractivity contribution in [3.05, 3.63) is 14.7 Å². The van der Waals surface area contributed by atoms with Crippen LogP contribution in [0, 0.1) is 6.92 Å². The number of halogens is 1. The molecular weight excluding hydrogens is 360 g/mol. The Balaban J connectivity index is 3.04. The van der Waals surface area contributed by atoms with Gasteiger partial charge in [-0.2, -0.15) is 4.72 Å². The number of carboxylic acids is 1. The molecule has 0 bridgehead atoms. The van der Waals surface area contributed by atoms with Crippen LogP contribution in [0.2, 0.25) is 0 Å². The maximum atomic E-state index is 12.0. The Labute approximate surface area is 122 Å². The van der Waals surface area contributed by atoms with Crippen molar-refractivity contribution in [2.24, 2.45) is 5.73 Å². The van der Waals surface area contributed by atoms with Crippen LogP contribution in [0.1, 0.15) is 11.3 Å². The largest absolute Gasteiger partial charge is 0.480 e. The standard InChI is InChI=1S/C9H11BrN2O5S2/c1-4-6(3-7(10)18-4)19(16,17)12-5(9(14)15)2-8(11)13/h3,5,12H,2H2,1H3,(H2,11,13)(H,14,15)/t5-/m0/s1. The average molecular weight is 371 g/mol. The van der Waals surface area contributed by atoms with E-state index in [4.69, 9.17) is 10.8 Å². The van der Waals surface area contributed by atoms with Crippen molar-refractivity contribution in [1.29, 1.82) is 0 Å². The number of sulfonamides is 1. The van der Waals surface area contributed by atoms with Crippen molar-refractivity contribution in [3.63, 3.8) is 0 Å². The minimum absolute atomic E-state index is 0.0277. The molecule has 0 radical (unpaired) electrons. The molecule has 1 heterocycles. The SMILES string of the molecule is Cc1sc(Br)cc1S(=O)(=O)N[C@@H](CC(N)=O)C(=O)O. The molecule has 19 heavy (non-hydrogen) atoms. The second-order valence-electron chi connectivity index (χ2n) is 3.65. The van der Waals surface area contributed by atoms with Gasteiger partial charge in [-0.15, -0.1) is 11.3 Å². The summed E-state index contributed by atoms with van der Waals surface area (Å²) in [5, 5.41) is 8.87. The Kier molecular flexibility index (Phi) is 5.07. The van der Waals surface area contributed by atoms with Crippen molar-refractivity contribution in [1.82, 2.24) is 4.72 Å². The molecule has 0 aromatic carbocycles. The second kappa shape index (κ2) is 5.99. The van der Waals surface area contributed by atoms with Gasteiger partial charge in [0.2, 0.25) is 15.9 Å². The summed E-state index contributed by atoms with van der Waals surface area (Å²) < 4.78 is 26.6. The van der Waals surface area contributed by atoms with E-state index in [-0.39, 0.29) is 4.90 Å². The molecule has 0 aliphatic rings. The summed E-state index contributed by atoms with van der Waals surface area (Å²) in [4.78, 5) is 22.1. The number of primary amides is 1. The van der Waals surface area contributed by atoms with Gasteiger partial charge < -0.3 is 10.8 Å². The van der Waals surface area contributed by atoms with Gasteiger partial charge in [-0.25, -0.2) is 8.42 Å². The Morgan fingerprint density at radius 1 is 1.58 bits per heavy atom. The molecule has 1 aromatic heterocycles. The molecule has 0 fully saturated rings. The lowest BCUT2D eigenvalue weighted by atomic mass is 10.2. The fourth-order valence-corrected chi connectivity index (χ4v) is 4.93. The van der Waals surface area contributed by atoms with E-state index in [0.29, 0.717) is 8.66 Å². The molecule has 0 aliphatic heterocycles. The highest BCUT2D eigenvalue weighted by Crippen LogP contribution is 2.29. The van der Waals surface area contributed by atoms with E-state index < -0.39 is 34.4 Å². The van der Waals surface area contributed by atoms with Crippen molar-refractivity contribution in [3.8, 4) is 0 Å². The fraction of sp³-hybridized carbons (Fsp3) is 0.333. The van der Waals surface area contributed by atoms with Gasteiger partial charge in [0.15, 0.2) is 0 Å². The Morgan fingerprint density at radius 2 is 2.16 bits per heavy atom. The molecule has 106 valence electrons. The summed E-state index contributed by atoms with van der Waals surface area (Å²) in [5.41, 5.74) is 4.88. The van der Waals surface area contributed by atoms with Crippen LogP contribution in [0.15, 0.2) is 14.7 Å². The summed E-state index contributed by atoms with van der Waals surface area (Å²) >= 11 is 4.35. The number of nitrogens with one attached hydrogen (secondary N) is 1. The average Bonchev–Trinajstić information content (AvgIpc) is 2.56. The molecule has 1 rings (SSSR count). The van der Waals surface area contributed by atoms with Crippen LogP contribution in [0.25, 0.3) is 0 Å². The number of hydrogen-bond donors (Lipinski definition) is 3. The molecule has 0 aliphatic carbocycles. The second-order valence-corrected chi connectivity index (χ2v) is 7.97. The fourth-order valence-electron chi connectivity index (χ4n) is 1.33.